The fraction of sp³-hybridized carbons (Fsp3) is 0.417. The zero-order chi connectivity index (χ0) is 22.1. The molecule has 2 aliphatic rings. The molecule has 0 aliphatic carbocycles. The van der Waals surface area contributed by atoms with Gasteiger partial charge in [0.1, 0.15) is 18.0 Å². The Morgan fingerprint density at radius 1 is 1.16 bits per heavy atom. The van der Waals surface area contributed by atoms with Gasteiger partial charge in [0.15, 0.2) is 0 Å². The number of piperidine rings is 1. The molecule has 8 heteroatoms. The number of benzene rings is 2. The van der Waals surface area contributed by atoms with Crippen molar-refractivity contribution in [3.63, 3.8) is 0 Å². The molecule has 7 nitrogen and oxygen atoms in total. The van der Waals surface area contributed by atoms with Gasteiger partial charge in [-0.3, -0.25) is 0 Å². The number of aromatic amines is 1. The van der Waals surface area contributed by atoms with E-state index in [4.69, 9.17) is 27.1 Å². The minimum Gasteiger partial charge on any atom is -0.443 e. The Morgan fingerprint density at radius 3 is 2.69 bits per heavy atom. The van der Waals surface area contributed by atoms with Crippen LogP contribution in [0.25, 0.3) is 11.0 Å². The van der Waals surface area contributed by atoms with E-state index in [-0.39, 0.29) is 23.6 Å². The Bertz CT molecular complexity index is 1060. The lowest BCUT2D eigenvalue weighted by atomic mass is 10.0. The topological polar surface area (TPSA) is 79.5 Å². The van der Waals surface area contributed by atoms with Crippen molar-refractivity contribution in [2.75, 3.05) is 26.7 Å². The zero-order valence-corrected chi connectivity index (χ0v) is 18.9. The second-order valence-corrected chi connectivity index (χ2v) is 9.15. The van der Waals surface area contributed by atoms with Crippen molar-refractivity contribution in [2.45, 2.75) is 36.4 Å². The van der Waals surface area contributed by atoms with Gasteiger partial charge in [0.2, 0.25) is 0 Å². The van der Waals surface area contributed by atoms with Crippen molar-refractivity contribution in [1.29, 1.82) is 0 Å². The van der Waals surface area contributed by atoms with Crippen LogP contribution in [-0.2, 0) is 9.47 Å². The van der Waals surface area contributed by atoms with E-state index in [0.717, 1.165) is 53.9 Å². The summed E-state index contributed by atoms with van der Waals surface area (Å²) in [7, 11) is 2.15. The summed E-state index contributed by atoms with van der Waals surface area (Å²) in [5, 5.41) is 2.47. The molecule has 2 aliphatic heterocycles. The van der Waals surface area contributed by atoms with Crippen molar-refractivity contribution in [3.05, 3.63) is 65.5 Å². The van der Waals surface area contributed by atoms with Crippen LogP contribution in [0.2, 0.25) is 0 Å². The van der Waals surface area contributed by atoms with Gasteiger partial charge in [-0.1, -0.05) is 36.4 Å². The summed E-state index contributed by atoms with van der Waals surface area (Å²) in [5.41, 5.74) is 3.91. The molecule has 5 rings (SSSR count). The molecular formula is C24H28N4O3S. The molecule has 2 saturated heterocycles. The summed E-state index contributed by atoms with van der Waals surface area (Å²) >= 11 is 4.75. The second kappa shape index (κ2) is 9.13. The number of rotatable bonds is 6. The van der Waals surface area contributed by atoms with Crippen molar-refractivity contribution in [1.82, 2.24) is 20.2 Å². The summed E-state index contributed by atoms with van der Waals surface area (Å²) in [6, 6.07) is 16.2. The largest absolute Gasteiger partial charge is 0.443 e. The molecule has 168 valence electrons. The Kier molecular flexibility index (Phi) is 6.08. The van der Waals surface area contributed by atoms with Gasteiger partial charge in [0.25, 0.3) is 0 Å². The lowest BCUT2D eigenvalue weighted by molar-refractivity contribution is -0.0264. The number of para-hydroxylation sites is 2. The quantitative estimate of drug-likeness (QED) is 0.495. The molecule has 1 aromatic heterocycles. The highest BCUT2D eigenvalue weighted by Gasteiger charge is 2.31. The number of amides is 1. The van der Waals surface area contributed by atoms with Gasteiger partial charge >= 0.3 is 6.09 Å². The van der Waals surface area contributed by atoms with E-state index in [1.165, 1.54) is 0 Å². The Balaban J connectivity index is 1.46. The fourth-order valence-electron chi connectivity index (χ4n) is 4.41. The normalized spacial score (nSPS) is 21.9. The highest BCUT2D eigenvalue weighted by Crippen LogP contribution is 2.34. The maximum absolute atomic E-state index is 11.5. The van der Waals surface area contributed by atoms with Crippen LogP contribution in [0.3, 0.4) is 0 Å². The number of alkyl carbamates (subject to hydrolysis) is 1. The minimum absolute atomic E-state index is 0.167. The van der Waals surface area contributed by atoms with E-state index in [9.17, 15) is 4.79 Å². The first-order chi connectivity index (χ1) is 15.6. The molecule has 3 aromatic rings. The van der Waals surface area contributed by atoms with Crippen LogP contribution in [0, 0.1) is 0 Å². The number of nitrogens with zero attached hydrogens (tertiary/aromatic N) is 2. The maximum atomic E-state index is 11.5. The third-order valence-corrected chi connectivity index (χ3v) is 6.89. The number of ether oxygens (including phenoxy) is 2. The highest BCUT2D eigenvalue weighted by atomic mass is 32.1. The third-order valence-electron chi connectivity index (χ3n) is 6.26. The number of hydrogen-bond donors (Lipinski definition) is 3. The molecular weight excluding hydrogens is 424 g/mol. The van der Waals surface area contributed by atoms with E-state index in [1.54, 1.807) is 0 Å². The average molecular weight is 453 g/mol. The summed E-state index contributed by atoms with van der Waals surface area (Å²) < 4.78 is 12.0. The Hall–Kier alpha value is -2.55. The molecule has 2 N–H and O–H groups in total. The molecule has 2 aromatic carbocycles. The number of imidazole rings is 1. The van der Waals surface area contributed by atoms with E-state index >= 15 is 0 Å². The van der Waals surface area contributed by atoms with Crippen molar-refractivity contribution >= 4 is 29.8 Å². The van der Waals surface area contributed by atoms with Gasteiger partial charge in [0.05, 0.1) is 28.9 Å². The molecule has 3 unspecified atom stereocenters. The molecule has 0 spiro atoms. The maximum Gasteiger partial charge on any atom is 0.407 e. The minimum atomic E-state index is -0.393. The van der Waals surface area contributed by atoms with Crippen LogP contribution < -0.4 is 5.32 Å². The van der Waals surface area contributed by atoms with Crippen LogP contribution in [-0.4, -0.2) is 59.9 Å². The van der Waals surface area contributed by atoms with Gasteiger partial charge in [-0.15, -0.1) is 0 Å². The van der Waals surface area contributed by atoms with Crippen LogP contribution in [0.4, 0.5) is 4.79 Å². The first-order valence-corrected chi connectivity index (χ1v) is 11.6. The van der Waals surface area contributed by atoms with E-state index in [1.807, 2.05) is 36.4 Å². The molecule has 0 saturated carbocycles. The molecule has 0 bridgehead atoms. The first kappa shape index (κ1) is 21.3. The van der Waals surface area contributed by atoms with Crippen molar-refractivity contribution in [2.24, 2.45) is 0 Å². The van der Waals surface area contributed by atoms with Crippen molar-refractivity contribution in [3.8, 4) is 0 Å². The van der Waals surface area contributed by atoms with Crippen LogP contribution in [0.1, 0.15) is 41.1 Å². The summed E-state index contributed by atoms with van der Waals surface area (Å²) in [6.07, 6.45) is 1.13. The molecule has 3 heterocycles. The number of cyclic esters (lactones) is 1. The highest BCUT2D eigenvalue weighted by molar-refractivity contribution is 7.80. The molecule has 1 amide bonds. The lowest BCUT2D eigenvalue weighted by Crippen LogP contribution is -2.35. The van der Waals surface area contributed by atoms with E-state index in [2.05, 4.69) is 34.4 Å². The standard InChI is InChI=1S/C24H28N4O3S/c1-28-11-9-17(10-12-28)30-21(23-26-18-7-2-3-8-19(18)27-23)15-5-4-6-16(13-15)22(32)20-14-25-24(29)31-20/h2-8,13,17,20-22,32H,9-12,14H2,1H3,(H,25,29)(H,26,27). The number of H-pyrrole nitrogens is 1. The molecule has 0 radical (unpaired) electrons. The van der Waals surface area contributed by atoms with Gasteiger partial charge in [-0.2, -0.15) is 12.6 Å². The van der Waals surface area contributed by atoms with Gasteiger partial charge < -0.3 is 24.7 Å². The SMILES string of the molecule is CN1CCC(OC(c2cccc(C(S)C3CNC(=O)O3)c2)c2nc3ccccc3[nH]2)CC1. The number of aromatic nitrogens is 2. The summed E-state index contributed by atoms with van der Waals surface area (Å²) in [4.78, 5) is 22.1. The van der Waals surface area contributed by atoms with Gasteiger partial charge in [-0.25, -0.2) is 9.78 Å². The Labute approximate surface area is 192 Å². The zero-order valence-electron chi connectivity index (χ0n) is 18.0. The Morgan fingerprint density at radius 2 is 1.94 bits per heavy atom. The fourth-order valence-corrected chi connectivity index (χ4v) is 4.74. The number of carbonyl (C=O) groups is 1. The van der Waals surface area contributed by atoms with Crippen LogP contribution >= 0.6 is 12.6 Å². The number of hydrogen-bond acceptors (Lipinski definition) is 6. The summed E-state index contributed by atoms with van der Waals surface area (Å²) in [5.74, 6) is 0.798. The van der Waals surface area contributed by atoms with Crippen LogP contribution in [0.15, 0.2) is 48.5 Å². The third kappa shape index (κ3) is 4.48. The number of nitrogens with one attached hydrogen (secondary N) is 2. The van der Waals surface area contributed by atoms with E-state index < -0.39 is 6.09 Å². The summed E-state index contributed by atoms with van der Waals surface area (Å²) in [6.45, 7) is 2.50. The number of likely N-dealkylation sites (tertiary alicyclic amines) is 1. The predicted octanol–water partition coefficient (Wildman–Crippen LogP) is 3.84. The van der Waals surface area contributed by atoms with E-state index in [0.29, 0.717) is 6.54 Å². The first-order valence-electron chi connectivity index (χ1n) is 11.1. The monoisotopic (exact) mass is 452 g/mol. The molecule has 3 atom stereocenters. The predicted molar refractivity (Wildman–Crippen MR) is 126 cm³/mol. The number of thiol groups is 1. The second-order valence-electron chi connectivity index (χ2n) is 8.60. The number of fused-ring (bicyclic) bond motifs is 1. The smallest absolute Gasteiger partial charge is 0.407 e. The average Bonchev–Trinajstić information content (AvgIpc) is 3.44. The molecule has 32 heavy (non-hydrogen) atoms. The van der Waals surface area contributed by atoms with Crippen molar-refractivity contribution < 1.29 is 14.3 Å². The lowest BCUT2D eigenvalue weighted by Gasteiger charge is -2.31. The molecule has 2 fully saturated rings. The van der Waals surface area contributed by atoms with Gasteiger partial charge in [-0.05, 0) is 43.1 Å². The van der Waals surface area contributed by atoms with Gasteiger partial charge in [0, 0.05) is 13.1 Å². The van der Waals surface area contributed by atoms with Crippen LogP contribution in [0.5, 0.6) is 0 Å². The number of carbonyl (C=O) groups excluding carboxylic acids is 1.